The molecule has 7 nitrogen and oxygen atoms in total. The molecule has 1 heterocycles. The third kappa shape index (κ3) is 5.66. The van der Waals surface area contributed by atoms with Crippen molar-refractivity contribution in [2.24, 2.45) is 0 Å². The zero-order valence-corrected chi connectivity index (χ0v) is 19.3. The van der Waals surface area contributed by atoms with Crippen LogP contribution in [-0.4, -0.2) is 60.2 Å². The van der Waals surface area contributed by atoms with Gasteiger partial charge in [-0.25, -0.2) is 0 Å². The van der Waals surface area contributed by atoms with Crippen LogP contribution < -0.4 is 10.6 Å². The average molecular weight is 457 g/mol. The summed E-state index contributed by atoms with van der Waals surface area (Å²) in [4.78, 5) is 41.2. The van der Waals surface area contributed by atoms with Gasteiger partial charge in [0.15, 0.2) is 0 Å². The molecule has 0 aliphatic carbocycles. The van der Waals surface area contributed by atoms with Crippen LogP contribution in [0.4, 0.5) is 0 Å². The number of hydrogen-bond donors (Lipinski definition) is 2. The summed E-state index contributed by atoms with van der Waals surface area (Å²) in [5.74, 6) is -0.486. The third-order valence-electron chi connectivity index (χ3n) is 5.63. The Balaban J connectivity index is 1.85. The lowest BCUT2D eigenvalue weighted by Gasteiger charge is -2.31. The minimum absolute atomic E-state index is 0.0182. The van der Waals surface area contributed by atoms with Gasteiger partial charge in [0, 0.05) is 32.6 Å². The monoisotopic (exact) mass is 456 g/mol. The number of carbonyl (C=O) groups excluding carboxylic acids is 3. The van der Waals surface area contributed by atoms with Crippen LogP contribution in [0.25, 0.3) is 0 Å². The van der Waals surface area contributed by atoms with Gasteiger partial charge < -0.3 is 15.5 Å². The van der Waals surface area contributed by atoms with Crippen LogP contribution in [0.2, 0.25) is 5.02 Å². The number of nitrogens with one attached hydrogen (secondary N) is 2. The highest BCUT2D eigenvalue weighted by Crippen LogP contribution is 2.37. The summed E-state index contributed by atoms with van der Waals surface area (Å²) in [7, 11) is 3.39. The van der Waals surface area contributed by atoms with Gasteiger partial charge in [-0.05, 0) is 23.6 Å². The summed E-state index contributed by atoms with van der Waals surface area (Å²) < 4.78 is 0. The molecule has 3 rings (SSSR count). The number of halogens is 1. The predicted octanol–water partition coefficient (Wildman–Crippen LogP) is 2.36. The summed E-state index contributed by atoms with van der Waals surface area (Å²) in [6.07, 6.45) is 0.425. The summed E-state index contributed by atoms with van der Waals surface area (Å²) in [6, 6.07) is 15.9. The molecule has 0 radical (unpaired) electrons. The zero-order valence-electron chi connectivity index (χ0n) is 18.5. The Morgan fingerprint density at radius 3 is 2.34 bits per heavy atom. The second-order valence-electron chi connectivity index (χ2n) is 8.19. The topological polar surface area (TPSA) is 81.8 Å². The van der Waals surface area contributed by atoms with Gasteiger partial charge in [-0.15, -0.1) is 0 Å². The van der Waals surface area contributed by atoms with Gasteiger partial charge in [0.25, 0.3) is 0 Å². The molecule has 0 spiro atoms. The first kappa shape index (κ1) is 23.8. The number of benzene rings is 2. The molecule has 32 heavy (non-hydrogen) atoms. The van der Waals surface area contributed by atoms with E-state index in [0.29, 0.717) is 18.0 Å². The number of amides is 3. The molecule has 0 aromatic heterocycles. The van der Waals surface area contributed by atoms with Crippen LogP contribution in [0.5, 0.6) is 0 Å². The van der Waals surface area contributed by atoms with Crippen molar-refractivity contribution in [1.82, 2.24) is 20.4 Å². The van der Waals surface area contributed by atoms with Crippen LogP contribution in [0.15, 0.2) is 54.6 Å². The molecule has 1 aliphatic heterocycles. The van der Waals surface area contributed by atoms with Crippen molar-refractivity contribution in [3.63, 3.8) is 0 Å². The lowest BCUT2D eigenvalue weighted by molar-refractivity contribution is -0.135. The molecule has 1 fully saturated rings. The van der Waals surface area contributed by atoms with Crippen molar-refractivity contribution in [1.29, 1.82) is 0 Å². The fraction of sp³-hybridized carbons (Fsp3) is 0.375. The molecule has 0 saturated carbocycles. The number of likely N-dealkylation sites (N-methyl/N-ethyl adjacent to an activating group) is 1. The number of carbonyl (C=O) groups is 3. The van der Waals surface area contributed by atoms with E-state index in [4.69, 9.17) is 11.6 Å². The Labute approximate surface area is 193 Å². The van der Waals surface area contributed by atoms with Crippen LogP contribution in [0.1, 0.15) is 30.5 Å². The molecule has 0 bridgehead atoms. The summed E-state index contributed by atoms with van der Waals surface area (Å²) >= 11 is 6.20. The van der Waals surface area contributed by atoms with E-state index in [-0.39, 0.29) is 36.3 Å². The van der Waals surface area contributed by atoms with E-state index in [1.165, 1.54) is 11.8 Å². The van der Waals surface area contributed by atoms with E-state index in [1.54, 1.807) is 20.2 Å². The van der Waals surface area contributed by atoms with E-state index in [9.17, 15) is 14.4 Å². The maximum Gasteiger partial charge on any atom is 0.239 e. The van der Waals surface area contributed by atoms with Gasteiger partial charge in [0.2, 0.25) is 17.7 Å². The highest BCUT2D eigenvalue weighted by molar-refractivity contribution is 6.31. The third-order valence-corrected chi connectivity index (χ3v) is 6.00. The van der Waals surface area contributed by atoms with Crippen LogP contribution in [-0.2, 0) is 20.9 Å². The van der Waals surface area contributed by atoms with E-state index < -0.39 is 6.04 Å². The minimum Gasteiger partial charge on any atom is -0.352 e. The Bertz CT molecular complexity index is 967. The Hall–Kier alpha value is -2.90. The molecule has 1 aliphatic rings. The van der Waals surface area contributed by atoms with Gasteiger partial charge in [-0.2, -0.15) is 0 Å². The SMILES string of the molecule is CC(=O)N[C@H]1C[C@@H](C(=O)N(C)C)N(CC(=O)NCc2ccccc2Cl)[C@H]1c1ccccc1. The molecule has 2 aromatic rings. The molecular weight excluding hydrogens is 428 g/mol. The van der Waals surface area contributed by atoms with Gasteiger partial charge in [-0.3, -0.25) is 19.3 Å². The molecule has 3 amide bonds. The standard InChI is InChI=1S/C24H29ClN4O3/c1-16(30)27-20-13-21(24(32)28(2)3)29(23(20)17-9-5-4-6-10-17)15-22(31)26-14-18-11-7-8-12-19(18)25/h4-12,20-21,23H,13-15H2,1-3H3,(H,26,31)(H,27,30)/t20-,21-,23-/m0/s1. The van der Waals surface area contributed by atoms with Gasteiger partial charge in [-0.1, -0.05) is 60.1 Å². The Morgan fingerprint density at radius 1 is 1.06 bits per heavy atom. The molecule has 170 valence electrons. The van der Waals surface area contributed by atoms with E-state index in [2.05, 4.69) is 10.6 Å². The summed E-state index contributed by atoms with van der Waals surface area (Å²) in [6.45, 7) is 1.78. The maximum atomic E-state index is 13.0. The quantitative estimate of drug-likeness (QED) is 0.670. The highest BCUT2D eigenvalue weighted by atomic mass is 35.5. The second-order valence-corrected chi connectivity index (χ2v) is 8.59. The minimum atomic E-state index is -0.530. The first-order valence-electron chi connectivity index (χ1n) is 10.6. The predicted molar refractivity (Wildman–Crippen MR) is 124 cm³/mol. The Kier molecular flexibility index (Phi) is 7.88. The van der Waals surface area contributed by atoms with Crippen molar-refractivity contribution in [3.8, 4) is 0 Å². The lowest BCUT2D eigenvalue weighted by atomic mass is 9.99. The summed E-state index contributed by atoms with van der Waals surface area (Å²) in [5, 5.41) is 6.47. The van der Waals surface area contributed by atoms with Crippen molar-refractivity contribution in [2.45, 2.75) is 38.0 Å². The molecular formula is C24H29ClN4O3. The molecule has 3 atom stereocenters. The average Bonchev–Trinajstić information content (AvgIpc) is 3.09. The molecule has 2 N–H and O–H groups in total. The van der Waals surface area contributed by atoms with Gasteiger partial charge in [0.05, 0.1) is 24.7 Å². The normalized spacial score (nSPS) is 20.6. The van der Waals surface area contributed by atoms with Crippen molar-refractivity contribution < 1.29 is 14.4 Å². The van der Waals surface area contributed by atoms with Crippen LogP contribution in [0.3, 0.4) is 0 Å². The maximum absolute atomic E-state index is 13.0. The largest absolute Gasteiger partial charge is 0.352 e. The number of rotatable bonds is 7. The number of nitrogens with zero attached hydrogens (tertiary/aromatic N) is 2. The van der Waals surface area contributed by atoms with Crippen molar-refractivity contribution >= 4 is 29.3 Å². The van der Waals surface area contributed by atoms with Crippen LogP contribution >= 0.6 is 11.6 Å². The molecule has 0 unspecified atom stereocenters. The Morgan fingerprint density at radius 2 is 1.72 bits per heavy atom. The first-order chi connectivity index (χ1) is 15.3. The van der Waals surface area contributed by atoms with Gasteiger partial charge >= 0.3 is 0 Å². The van der Waals surface area contributed by atoms with E-state index >= 15 is 0 Å². The summed E-state index contributed by atoms with van der Waals surface area (Å²) in [5.41, 5.74) is 1.76. The van der Waals surface area contributed by atoms with Crippen molar-refractivity contribution in [3.05, 3.63) is 70.7 Å². The molecule has 8 heteroatoms. The fourth-order valence-electron chi connectivity index (χ4n) is 4.21. The van der Waals surface area contributed by atoms with Gasteiger partial charge in [0.1, 0.15) is 0 Å². The highest BCUT2D eigenvalue weighted by Gasteiger charge is 2.46. The molecule has 2 aromatic carbocycles. The zero-order chi connectivity index (χ0) is 23.3. The first-order valence-corrected chi connectivity index (χ1v) is 10.9. The molecule has 1 saturated heterocycles. The van der Waals surface area contributed by atoms with Crippen molar-refractivity contribution in [2.75, 3.05) is 20.6 Å². The lowest BCUT2D eigenvalue weighted by Crippen LogP contribution is -2.47. The number of hydrogen-bond acceptors (Lipinski definition) is 4. The van der Waals surface area contributed by atoms with E-state index in [1.807, 2.05) is 53.4 Å². The second kappa shape index (κ2) is 10.6. The fourth-order valence-corrected chi connectivity index (χ4v) is 4.41. The number of likely N-dealkylation sites (tertiary alicyclic amines) is 1. The smallest absolute Gasteiger partial charge is 0.239 e. The van der Waals surface area contributed by atoms with E-state index in [0.717, 1.165) is 11.1 Å². The van der Waals surface area contributed by atoms with Crippen LogP contribution in [0, 0.1) is 0 Å².